The van der Waals surface area contributed by atoms with Crippen LogP contribution in [0.1, 0.15) is 43.0 Å². The molecule has 1 aromatic rings. The molecule has 1 fully saturated rings. The lowest BCUT2D eigenvalue weighted by Gasteiger charge is -2.28. The van der Waals surface area contributed by atoms with E-state index in [-0.39, 0.29) is 10.8 Å². The molecule has 21 heavy (non-hydrogen) atoms. The zero-order valence-electron chi connectivity index (χ0n) is 12.0. The summed E-state index contributed by atoms with van der Waals surface area (Å²) in [7, 11) is 1.50. The molecule has 0 bridgehead atoms. The maximum Gasteiger partial charge on any atom is 0.261 e. The zero-order valence-corrected chi connectivity index (χ0v) is 13.6. The monoisotopic (exact) mass is 329 g/mol. The molecule has 0 aliphatic heterocycles. The van der Waals surface area contributed by atoms with Crippen molar-refractivity contribution in [1.82, 2.24) is 5.32 Å². The highest BCUT2D eigenvalue weighted by Crippen LogP contribution is 2.28. The number of carbonyl (C=O) groups is 1. The average molecular weight is 330 g/mol. The molecule has 116 valence electrons. The molecule has 1 amide bonds. The topological polar surface area (TPSA) is 63.2 Å². The van der Waals surface area contributed by atoms with Crippen molar-refractivity contribution in [2.75, 3.05) is 6.54 Å². The molecule has 0 spiro atoms. The van der Waals surface area contributed by atoms with Gasteiger partial charge in [-0.05, 0) is 42.5 Å². The molecule has 1 N–H and O–H groups in total. The molecule has 1 aliphatic rings. The molecule has 2 unspecified atom stereocenters. The van der Waals surface area contributed by atoms with Crippen molar-refractivity contribution < 1.29 is 13.2 Å². The smallest absolute Gasteiger partial charge is 0.261 e. The molecule has 2 rings (SSSR count). The van der Waals surface area contributed by atoms with Crippen LogP contribution in [0, 0.1) is 11.8 Å². The second-order valence-corrected chi connectivity index (χ2v) is 8.26. The number of benzene rings is 1. The fraction of sp³-hybridized carbons (Fsp3) is 0.533. The summed E-state index contributed by atoms with van der Waals surface area (Å²) in [4.78, 5) is 12.1. The number of hydrogen-bond donors (Lipinski definition) is 1. The largest absolute Gasteiger partial charge is 0.352 e. The summed E-state index contributed by atoms with van der Waals surface area (Å²) in [6, 6.07) is 5.66. The molecule has 0 aromatic heterocycles. The molecule has 0 saturated heterocycles. The highest BCUT2D eigenvalue weighted by Gasteiger charge is 2.21. The summed E-state index contributed by atoms with van der Waals surface area (Å²) in [5.74, 6) is 0.999. The van der Waals surface area contributed by atoms with Crippen LogP contribution in [0.15, 0.2) is 29.2 Å². The van der Waals surface area contributed by atoms with Crippen LogP contribution in [0.4, 0.5) is 0 Å². The van der Waals surface area contributed by atoms with E-state index in [2.05, 4.69) is 12.2 Å². The van der Waals surface area contributed by atoms with Gasteiger partial charge in [-0.25, -0.2) is 8.42 Å². The Morgan fingerprint density at radius 3 is 2.43 bits per heavy atom. The Bertz CT molecular complexity index is 598. The SMILES string of the molecule is CC1CCCCC1CNC(=O)c1ccc(S(=O)(=O)Cl)cc1. The highest BCUT2D eigenvalue weighted by atomic mass is 35.7. The molecular formula is C15H20ClNO3S. The van der Waals surface area contributed by atoms with E-state index in [0.717, 1.165) is 6.42 Å². The number of hydrogen-bond acceptors (Lipinski definition) is 3. The average Bonchev–Trinajstić information content (AvgIpc) is 2.45. The summed E-state index contributed by atoms with van der Waals surface area (Å²) in [6.07, 6.45) is 4.89. The predicted octanol–water partition coefficient (Wildman–Crippen LogP) is 3.17. The van der Waals surface area contributed by atoms with Gasteiger partial charge in [-0.3, -0.25) is 4.79 Å². The van der Waals surface area contributed by atoms with Gasteiger partial charge in [0.25, 0.3) is 15.0 Å². The van der Waals surface area contributed by atoms with E-state index in [0.29, 0.717) is 23.9 Å². The Morgan fingerprint density at radius 2 is 1.86 bits per heavy atom. The van der Waals surface area contributed by atoms with Gasteiger partial charge in [0.05, 0.1) is 4.90 Å². The van der Waals surface area contributed by atoms with Gasteiger partial charge in [0.1, 0.15) is 0 Å². The molecule has 1 aliphatic carbocycles. The van der Waals surface area contributed by atoms with E-state index in [1.165, 1.54) is 43.5 Å². The molecule has 4 nitrogen and oxygen atoms in total. The minimum atomic E-state index is -3.74. The van der Waals surface area contributed by atoms with E-state index in [1.54, 1.807) is 0 Å². The van der Waals surface area contributed by atoms with Crippen molar-refractivity contribution in [3.8, 4) is 0 Å². The van der Waals surface area contributed by atoms with Crippen LogP contribution in [0.25, 0.3) is 0 Å². The number of nitrogens with one attached hydrogen (secondary N) is 1. The second kappa shape index (κ2) is 6.79. The fourth-order valence-electron chi connectivity index (χ4n) is 2.79. The van der Waals surface area contributed by atoms with Crippen LogP contribution in [-0.2, 0) is 9.05 Å². The van der Waals surface area contributed by atoms with Gasteiger partial charge in [-0.1, -0.05) is 26.2 Å². The van der Waals surface area contributed by atoms with Gasteiger partial charge in [-0.15, -0.1) is 0 Å². The van der Waals surface area contributed by atoms with Crippen LogP contribution in [0.3, 0.4) is 0 Å². The van der Waals surface area contributed by atoms with Gasteiger partial charge in [0.15, 0.2) is 0 Å². The minimum Gasteiger partial charge on any atom is -0.352 e. The molecule has 6 heteroatoms. The lowest BCUT2D eigenvalue weighted by Crippen LogP contribution is -2.33. The first-order chi connectivity index (χ1) is 9.88. The summed E-state index contributed by atoms with van der Waals surface area (Å²) in [5.41, 5.74) is 0.447. The number of carbonyl (C=O) groups excluding carboxylic acids is 1. The first-order valence-corrected chi connectivity index (χ1v) is 9.52. The van der Waals surface area contributed by atoms with Gasteiger partial charge < -0.3 is 5.32 Å². The molecule has 1 aromatic carbocycles. The van der Waals surface area contributed by atoms with E-state index < -0.39 is 9.05 Å². The summed E-state index contributed by atoms with van der Waals surface area (Å²) in [6.45, 7) is 2.91. The van der Waals surface area contributed by atoms with Crippen LogP contribution >= 0.6 is 10.7 Å². The Hall–Kier alpha value is -1.07. The maximum atomic E-state index is 12.1. The molecule has 1 saturated carbocycles. The van der Waals surface area contributed by atoms with Crippen LogP contribution in [-0.4, -0.2) is 20.9 Å². The van der Waals surface area contributed by atoms with Crippen LogP contribution in [0.5, 0.6) is 0 Å². The standard InChI is InChI=1S/C15H20ClNO3S/c1-11-4-2-3-5-13(11)10-17-15(18)12-6-8-14(9-7-12)21(16,19)20/h6-9,11,13H,2-5,10H2,1H3,(H,17,18). The lowest BCUT2D eigenvalue weighted by atomic mass is 9.80. The molecule has 0 heterocycles. The summed E-state index contributed by atoms with van der Waals surface area (Å²) in [5, 5.41) is 2.94. The third-order valence-electron chi connectivity index (χ3n) is 4.21. The van der Waals surface area contributed by atoms with Crippen molar-refractivity contribution >= 4 is 25.6 Å². The van der Waals surface area contributed by atoms with Crippen LogP contribution < -0.4 is 5.32 Å². The van der Waals surface area contributed by atoms with Crippen molar-refractivity contribution in [2.24, 2.45) is 11.8 Å². The lowest BCUT2D eigenvalue weighted by molar-refractivity contribution is 0.0936. The Kier molecular flexibility index (Phi) is 5.27. The van der Waals surface area contributed by atoms with E-state index in [4.69, 9.17) is 10.7 Å². The zero-order chi connectivity index (χ0) is 15.5. The van der Waals surface area contributed by atoms with Crippen molar-refractivity contribution in [1.29, 1.82) is 0 Å². The number of amides is 1. The quantitative estimate of drug-likeness (QED) is 0.863. The summed E-state index contributed by atoms with van der Waals surface area (Å²) < 4.78 is 22.3. The first-order valence-electron chi connectivity index (χ1n) is 7.21. The van der Waals surface area contributed by atoms with Gasteiger partial charge in [-0.2, -0.15) is 0 Å². The van der Waals surface area contributed by atoms with Gasteiger partial charge in [0.2, 0.25) is 0 Å². The fourth-order valence-corrected chi connectivity index (χ4v) is 3.56. The van der Waals surface area contributed by atoms with Crippen LogP contribution in [0.2, 0.25) is 0 Å². The van der Waals surface area contributed by atoms with E-state index >= 15 is 0 Å². The number of rotatable bonds is 4. The predicted molar refractivity (Wildman–Crippen MR) is 82.9 cm³/mol. The van der Waals surface area contributed by atoms with Crippen molar-refractivity contribution in [2.45, 2.75) is 37.5 Å². The van der Waals surface area contributed by atoms with Gasteiger partial charge in [0, 0.05) is 22.8 Å². The third kappa shape index (κ3) is 4.45. The van der Waals surface area contributed by atoms with Gasteiger partial charge >= 0.3 is 0 Å². The Balaban J connectivity index is 1.94. The maximum absolute atomic E-state index is 12.1. The van der Waals surface area contributed by atoms with Crippen molar-refractivity contribution in [3.63, 3.8) is 0 Å². The molecule has 0 radical (unpaired) electrons. The molecule has 2 atom stereocenters. The second-order valence-electron chi connectivity index (χ2n) is 5.69. The number of halogens is 1. The normalized spacial score (nSPS) is 22.8. The Morgan fingerprint density at radius 1 is 1.24 bits per heavy atom. The van der Waals surface area contributed by atoms with E-state index in [1.807, 2.05) is 0 Å². The first kappa shape index (κ1) is 16.3. The minimum absolute atomic E-state index is 0.00150. The highest BCUT2D eigenvalue weighted by molar-refractivity contribution is 8.13. The van der Waals surface area contributed by atoms with E-state index in [9.17, 15) is 13.2 Å². The summed E-state index contributed by atoms with van der Waals surface area (Å²) >= 11 is 0. The van der Waals surface area contributed by atoms with Crippen molar-refractivity contribution in [3.05, 3.63) is 29.8 Å². The Labute approximate surface area is 130 Å². The third-order valence-corrected chi connectivity index (χ3v) is 5.58. The molecular weight excluding hydrogens is 310 g/mol.